The average molecular weight is 492 g/mol. The maximum atomic E-state index is 12.7. The summed E-state index contributed by atoms with van der Waals surface area (Å²) in [5.41, 5.74) is 3.08. The third-order valence-corrected chi connectivity index (χ3v) is 7.06. The van der Waals surface area contributed by atoms with Gasteiger partial charge in [0.05, 0.1) is 5.56 Å². The lowest BCUT2D eigenvalue weighted by atomic mass is 9.95. The zero-order chi connectivity index (χ0) is 24.0. The van der Waals surface area contributed by atoms with Crippen LogP contribution in [-0.2, 0) is 4.79 Å². The fraction of sp³-hybridized carbons (Fsp3) is 0.407. The molecule has 182 valence electrons. The Morgan fingerprint density at radius 2 is 2.06 bits per heavy atom. The van der Waals surface area contributed by atoms with E-state index in [2.05, 4.69) is 31.4 Å². The molecule has 1 aliphatic heterocycles. The van der Waals surface area contributed by atoms with Crippen molar-refractivity contribution in [2.45, 2.75) is 44.9 Å². The van der Waals surface area contributed by atoms with Crippen molar-refractivity contribution in [3.63, 3.8) is 0 Å². The Hall–Kier alpha value is -3.19. The van der Waals surface area contributed by atoms with Crippen LogP contribution in [0.15, 0.2) is 58.8 Å². The normalized spacial score (nSPS) is 16.7. The van der Waals surface area contributed by atoms with Gasteiger partial charge in [0.1, 0.15) is 5.82 Å². The summed E-state index contributed by atoms with van der Waals surface area (Å²) < 4.78 is 5.59. The fourth-order valence-corrected chi connectivity index (χ4v) is 5.06. The number of pyridine rings is 1. The summed E-state index contributed by atoms with van der Waals surface area (Å²) in [6, 6.07) is 11.2. The summed E-state index contributed by atoms with van der Waals surface area (Å²) in [6.45, 7) is 2.24. The number of amides is 1. The van der Waals surface area contributed by atoms with Gasteiger partial charge in [-0.05, 0) is 69.2 Å². The number of nitrogens with one attached hydrogen (secondary N) is 1. The van der Waals surface area contributed by atoms with E-state index in [1.807, 2.05) is 36.4 Å². The number of nitrogens with zero attached hydrogens (tertiary/aromatic N) is 4. The number of hydrogen-bond acceptors (Lipinski definition) is 6. The van der Waals surface area contributed by atoms with Crippen LogP contribution in [0.1, 0.15) is 44.9 Å². The van der Waals surface area contributed by atoms with Crippen LogP contribution >= 0.6 is 11.6 Å². The number of aromatic nitrogens is 3. The number of carbonyl (C=O) groups excluding carboxylic acids is 1. The first-order valence-corrected chi connectivity index (χ1v) is 12.8. The highest BCUT2D eigenvalue weighted by Gasteiger charge is 2.27. The van der Waals surface area contributed by atoms with E-state index >= 15 is 0 Å². The Labute approximate surface area is 210 Å². The van der Waals surface area contributed by atoms with Crippen LogP contribution < -0.4 is 10.2 Å². The van der Waals surface area contributed by atoms with Gasteiger partial charge in [0.25, 0.3) is 5.89 Å². The highest BCUT2D eigenvalue weighted by Crippen LogP contribution is 2.32. The second-order valence-corrected chi connectivity index (χ2v) is 9.65. The average Bonchev–Trinajstić information content (AvgIpc) is 3.40. The number of allylic oxidation sites excluding steroid dienone is 1. The molecule has 0 bridgehead atoms. The van der Waals surface area contributed by atoms with E-state index in [4.69, 9.17) is 16.1 Å². The largest absolute Gasteiger partial charge is 0.356 e. The number of carbonyl (C=O) groups is 1. The first-order valence-electron chi connectivity index (χ1n) is 12.4. The fourth-order valence-electron chi connectivity index (χ4n) is 4.87. The van der Waals surface area contributed by atoms with E-state index < -0.39 is 0 Å². The van der Waals surface area contributed by atoms with Crippen LogP contribution in [-0.4, -0.2) is 40.7 Å². The van der Waals surface area contributed by atoms with E-state index in [1.54, 1.807) is 6.20 Å². The van der Waals surface area contributed by atoms with Gasteiger partial charge < -0.3 is 14.7 Å². The second-order valence-electron chi connectivity index (χ2n) is 9.22. The van der Waals surface area contributed by atoms with Crippen molar-refractivity contribution in [3.05, 3.63) is 59.3 Å². The zero-order valence-electron chi connectivity index (χ0n) is 19.8. The van der Waals surface area contributed by atoms with Gasteiger partial charge in [-0.3, -0.25) is 4.79 Å². The van der Waals surface area contributed by atoms with Gasteiger partial charge >= 0.3 is 0 Å². The molecular weight excluding hydrogens is 462 g/mol. The van der Waals surface area contributed by atoms with Gasteiger partial charge in [-0.1, -0.05) is 40.5 Å². The van der Waals surface area contributed by atoms with Crippen LogP contribution in [0, 0.1) is 5.92 Å². The van der Waals surface area contributed by atoms with Crippen LogP contribution in [0.3, 0.4) is 0 Å². The molecule has 1 fully saturated rings. The monoisotopic (exact) mass is 491 g/mol. The Morgan fingerprint density at radius 1 is 1.17 bits per heavy atom. The summed E-state index contributed by atoms with van der Waals surface area (Å²) in [4.78, 5) is 24.1. The topological polar surface area (TPSA) is 84.2 Å². The standard InChI is InChI=1S/C27H30ClN5O2/c28-22-9-4-8-21(18-22)24-31-27(35-32-24)23-10-5-14-29-25(23)33-16-12-20(13-17-33)26(34)30-15-11-19-6-2-1-3-7-19/h4-6,8-10,14,18,20H,1-3,7,11-13,15-17H2,(H,30,34). The van der Waals surface area contributed by atoms with E-state index in [-0.39, 0.29) is 11.8 Å². The maximum absolute atomic E-state index is 12.7. The molecule has 1 aliphatic carbocycles. The molecule has 0 radical (unpaired) electrons. The Kier molecular flexibility index (Phi) is 7.42. The Bertz CT molecular complexity index is 1200. The van der Waals surface area contributed by atoms with Crippen molar-refractivity contribution in [2.75, 3.05) is 24.5 Å². The summed E-state index contributed by atoms with van der Waals surface area (Å²) in [5, 5.41) is 7.92. The smallest absolute Gasteiger partial charge is 0.261 e. The van der Waals surface area contributed by atoms with Gasteiger partial charge in [0.15, 0.2) is 0 Å². The van der Waals surface area contributed by atoms with Crippen LogP contribution in [0.25, 0.3) is 22.8 Å². The molecule has 0 spiro atoms. The molecule has 0 saturated carbocycles. The third-order valence-electron chi connectivity index (χ3n) is 6.82. The third kappa shape index (κ3) is 5.73. The number of benzene rings is 1. The molecule has 1 N–H and O–H groups in total. The minimum Gasteiger partial charge on any atom is -0.356 e. The van der Waals surface area contributed by atoms with Gasteiger partial charge in [0, 0.05) is 42.3 Å². The molecule has 0 unspecified atom stereocenters. The molecule has 2 aliphatic rings. The lowest BCUT2D eigenvalue weighted by Crippen LogP contribution is -2.41. The number of anilines is 1. The summed E-state index contributed by atoms with van der Waals surface area (Å²) in [7, 11) is 0. The molecule has 1 amide bonds. The van der Waals surface area contributed by atoms with Crippen LogP contribution in [0.4, 0.5) is 5.82 Å². The molecule has 1 aromatic carbocycles. The van der Waals surface area contributed by atoms with Crippen molar-refractivity contribution in [1.29, 1.82) is 0 Å². The van der Waals surface area contributed by atoms with Crippen molar-refractivity contribution < 1.29 is 9.32 Å². The minimum atomic E-state index is 0.0385. The predicted octanol–water partition coefficient (Wildman–Crippen LogP) is 5.68. The number of halogens is 1. The van der Waals surface area contributed by atoms with Crippen molar-refractivity contribution >= 4 is 23.3 Å². The number of rotatable bonds is 7. The lowest BCUT2D eigenvalue weighted by Gasteiger charge is -2.32. The first-order chi connectivity index (χ1) is 17.2. The van der Waals surface area contributed by atoms with E-state index in [1.165, 1.54) is 31.3 Å². The molecule has 8 heteroatoms. The minimum absolute atomic E-state index is 0.0385. The molecule has 5 rings (SSSR count). The number of hydrogen-bond donors (Lipinski definition) is 1. The molecule has 3 aromatic rings. The molecule has 3 heterocycles. The van der Waals surface area contributed by atoms with Gasteiger partial charge in [-0.15, -0.1) is 0 Å². The Morgan fingerprint density at radius 3 is 2.86 bits per heavy atom. The molecule has 2 aromatic heterocycles. The van der Waals surface area contributed by atoms with Gasteiger partial charge in [0.2, 0.25) is 11.7 Å². The quantitative estimate of drug-likeness (QED) is 0.428. The Balaban J connectivity index is 1.20. The van der Waals surface area contributed by atoms with Crippen molar-refractivity contribution in [3.8, 4) is 22.8 Å². The summed E-state index contributed by atoms with van der Waals surface area (Å²) in [6.07, 6.45) is 11.6. The highest BCUT2D eigenvalue weighted by atomic mass is 35.5. The molecular formula is C27H30ClN5O2. The van der Waals surface area contributed by atoms with Crippen molar-refractivity contribution in [1.82, 2.24) is 20.4 Å². The predicted molar refractivity (Wildman–Crippen MR) is 137 cm³/mol. The van der Waals surface area contributed by atoms with Gasteiger partial charge in [-0.25, -0.2) is 4.98 Å². The van der Waals surface area contributed by atoms with Crippen molar-refractivity contribution in [2.24, 2.45) is 5.92 Å². The number of piperidine rings is 1. The summed E-state index contributed by atoms with van der Waals surface area (Å²) in [5.74, 6) is 1.91. The first kappa shape index (κ1) is 23.5. The SMILES string of the molecule is O=C(NCCC1=CCCCC1)C1CCN(c2ncccc2-c2nc(-c3cccc(Cl)c3)no2)CC1. The maximum Gasteiger partial charge on any atom is 0.261 e. The molecule has 35 heavy (non-hydrogen) atoms. The summed E-state index contributed by atoms with van der Waals surface area (Å²) >= 11 is 6.11. The zero-order valence-corrected chi connectivity index (χ0v) is 20.5. The second kappa shape index (κ2) is 11.0. The van der Waals surface area contributed by atoms with Gasteiger partial charge in [-0.2, -0.15) is 4.98 Å². The van der Waals surface area contributed by atoms with Crippen LogP contribution in [0.5, 0.6) is 0 Å². The van der Waals surface area contributed by atoms with E-state index in [9.17, 15) is 4.79 Å². The van der Waals surface area contributed by atoms with E-state index in [0.29, 0.717) is 16.7 Å². The lowest BCUT2D eigenvalue weighted by molar-refractivity contribution is -0.125. The molecule has 7 nitrogen and oxygen atoms in total. The molecule has 1 saturated heterocycles. The van der Waals surface area contributed by atoms with E-state index in [0.717, 1.165) is 55.8 Å². The van der Waals surface area contributed by atoms with Crippen LogP contribution in [0.2, 0.25) is 5.02 Å². The highest BCUT2D eigenvalue weighted by molar-refractivity contribution is 6.30. The molecule has 0 atom stereocenters.